The molecule has 0 fully saturated rings. The topological polar surface area (TPSA) is 283 Å². The van der Waals surface area contributed by atoms with Gasteiger partial charge in [0.25, 0.3) is 0 Å². The number of nitrogens with two attached hydrogens (primary N) is 2. The van der Waals surface area contributed by atoms with Gasteiger partial charge in [0.2, 0.25) is 0 Å². The summed E-state index contributed by atoms with van der Waals surface area (Å²) in [6, 6.07) is 0. The summed E-state index contributed by atoms with van der Waals surface area (Å²) < 4.78 is 0. The Balaban J connectivity index is -0.0000000272. The van der Waals surface area contributed by atoms with E-state index in [1.54, 1.807) is 0 Å². The van der Waals surface area contributed by atoms with Crippen LogP contribution in [0.15, 0.2) is 0 Å². The molecule has 0 aromatic rings. The number of alkyl halides is 4. The van der Waals surface area contributed by atoms with Gasteiger partial charge in [0, 0.05) is 0 Å². The van der Waals surface area contributed by atoms with E-state index in [1.807, 2.05) is 0 Å². The van der Waals surface area contributed by atoms with Gasteiger partial charge < -0.3 is 63.4 Å². The SMILES string of the molecule is N.N.NCCCCCN.O=C([O-])CCl.O=C([O-])CCl.O=C([O-])CCl.O=C([O-])CCl.[Pt+4].[Pt+4]. The van der Waals surface area contributed by atoms with E-state index in [0.29, 0.717) is 0 Å². The molecule has 192 valence electrons. The van der Waals surface area contributed by atoms with E-state index in [4.69, 9.17) is 51.1 Å². The molecule has 0 aliphatic carbocycles. The molecule has 10 N–H and O–H groups in total. The molecule has 0 bridgehead atoms. The number of aliphatic carboxylic acids is 4. The molecule has 0 saturated heterocycles. The van der Waals surface area contributed by atoms with Crippen molar-refractivity contribution in [3.05, 3.63) is 0 Å². The summed E-state index contributed by atoms with van der Waals surface area (Å²) in [7, 11) is 0. The molecule has 0 heterocycles. The third-order valence-electron chi connectivity index (χ3n) is 1.34. The summed E-state index contributed by atoms with van der Waals surface area (Å²) >= 11 is 18.7. The standard InChI is InChI=1S/C5H14N2.4C2H3ClO2.2H3N.2Pt/c6-4-2-1-3-5-7;4*3-1-2(4)5;;;;/h1-7H2;4*1H2,(H,4,5);2*1H3;;/q;;;;;;;2*+4/p-4. The van der Waals surface area contributed by atoms with E-state index in [9.17, 15) is 0 Å². The Hall–Kier alpha value is 0.257. The van der Waals surface area contributed by atoms with Crippen molar-refractivity contribution in [1.82, 2.24) is 12.3 Å². The van der Waals surface area contributed by atoms with E-state index in [0.717, 1.165) is 25.9 Å². The van der Waals surface area contributed by atoms with Crippen LogP contribution in [0.4, 0.5) is 0 Å². The van der Waals surface area contributed by atoms with E-state index >= 15 is 0 Å². The van der Waals surface area contributed by atoms with Crippen LogP contribution in [-0.2, 0) is 61.3 Å². The molecule has 0 unspecified atom stereocenters. The average molecular weight is 900 g/mol. The van der Waals surface area contributed by atoms with Gasteiger partial charge in [-0.1, -0.05) is 6.42 Å². The van der Waals surface area contributed by atoms with Crippen LogP contribution in [0.3, 0.4) is 0 Å². The number of rotatable bonds is 8. The predicted octanol–water partition coefficient (Wildman–Crippen LogP) is -3.71. The predicted molar refractivity (Wildman–Crippen MR) is 105 cm³/mol. The van der Waals surface area contributed by atoms with Crippen molar-refractivity contribution in [1.29, 1.82) is 0 Å². The van der Waals surface area contributed by atoms with Crippen molar-refractivity contribution >= 4 is 70.3 Å². The van der Waals surface area contributed by atoms with Gasteiger partial charge in [-0.3, -0.25) is 0 Å². The first-order chi connectivity index (χ1) is 12.5. The Morgan fingerprint density at radius 3 is 0.710 bits per heavy atom. The molecule has 0 amide bonds. The Morgan fingerprint density at radius 2 is 0.645 bits per heavy atom. The molecule has 0 aromatic carbocycles. The quantitative estimate of drug-likeness (QED) is 0.135. The monoisotopic (exact) mass is 898 g/mol. The number of hydrogen-bond donors (Lipinski definition) is 4. The Labute approximate surface area is 230 Å². The van der Waals surface area contributed by atoms with Crippen LogP contribution >= 0.6 is 46.4 Å². The van der Waals surface area contributed by atoms with Crippen LogP contribution in [0.2, 0.25) is 0 Å². The first kappa shape index (κ1) is 57.8. The number of hydrogen-bond acceptors (Lipinski definition) is 12. The fraction of sp³-hybridized carbons (Fsp3) is 0.692. The van der Waals surface area contributed by atoms with E-state index in [2.05, 4.69) is 46.4 Å². The first-order valence-electron chi connectivity index (χ1n) is 6.93. The van der Waals surface area contributed by atoms with Gasteiger partial charge in [-0.05, 0) is 25.9 Å². The number of halogens is 4. The zero-order chi connectivity index (χ0) is 22.7. The summed E-state index contributed by atoms with van der Waals surface area (Å²) in [6.45, 7) is 1.61. The number of carbonyl (C=O) groups excluding carboxylic acids is 4. The second-order valence-corrected chi connectivity index (χ2v) is 4.73. The summed E-state index contributed by atoms with van der Waals surface area (Å²) in [5, 5.41) is 36.5. The molecule has 0 rings (SSSR count). The molecule has 0 spiro atoms. The maximum absolute atomic E-state index is 9.12. The molecule has 0 radical (unpaired) electrons. The molecule has 18 heteroatoms. The molecule has 0 aliphatic heterocycles. The summed E-state index contributed by atoms with van der Waals surface area (Å²) in [4.78, 5) is 36.5. The maximum atomic E-state index is 9.12. The van der Waals surface area contributed by atoms with Gasteiger partial charge in [-0.25, -0.2) is 0 Å². The molecule has 0 saturated carbocycles. The van der Waals surface area contributed by atoms with Gasteiger partial charge in [-0.2, -0.15) is 0 Å². The van der Waals surface area contributed by atoms with Crippen molar-refractivity contribution < 1.29 is 81.7 Å². The minimum Gasteiger partial charge on any atom is -0.549 e. The third-order valence-corrected chi connectivity index (χ3v) is 2.22. The van der Waals surface area contributed by atoms with E-state index < -0.39 is 47.4 Å². The van der Waals surface area contributed by atoms with Crippen LogP contribution in [0.1, 0.15) is 19.3 Å². The van der Waals surface area contributed by atoms with Gasteiger partial charge in [-0.15, -0.1) is 46.4 Å². The number of carbonyl (C=O) groups is 4. The zero-order valence-electron chi connectivity index (χ0n) is 16.3. The van der Waals surface area contributed by atoms with Gasteiger partial charge in [0.1, 0.15) is 0 Å². The Morgan fingerprint density at radius 1 is 0.516 bits per heavy atom. The first-order valence-corrected chi connectivity index (χ1v) is 9.07. The van der Waals surface area contributed by atoms with Crippen LogP contribution in [-0.4, -0.2) is 60.5 Å². The Bertz CT molecular complexity index is 320. The number of carboxylic acids is 4. The minimum absolute atomic E-state index is 0. The molecular formula is C13H28Cl4N4O8Pt2+4. The molecule has 0 atom stereocenters. The average Bonchev–Trinajstić information content (AvgIpc) is 2.63. The number of unbranched alkanes of at least 4 members (excludes halogenated alkanes) is 2. The summed E-state index contributed by atoms with van der Waals surface area (Å²) in [6.07, 6.45) is 3.43. The van der Waals surface area contributed by atoms with E-state index in [-0.39, 0.29) is 54.4 Å². The normalized spacial score (nSPS) is 6.90. The van der Waals surface area contributed by atoms with Crippen molar-refractivity contribution in [3.63, 3.8) is 0 Å². The second-order valence-electron chi connectivity index (χ2n) is 3.66. The molecule has 12 nitrogen and oxygen atoms in total. The van der Waals surface area contributed by atoms with Crippen LogP contribution < -0.4 is 44.2 Å². The van der Waals surface area contributed by atoms with Gasteiger partial charge in [0.15, 0.2) is 0 Å². The van der Waals surface area contributed by atoms with Crippen LogP contribution in [0.25, 0.3) is 0 Å². The number of carboxylic acid groups (broad SMARTS) is 4. The van der Waals surface area contributed by atoms with E-state index in [1.165, 1.54) is 6.42 Å². The third kappa shape index (κ3) is 161. The maximum Gasteiger partial charge on any atom is 4.00 e. The second kappa shape index (κ2) is 57.3. The molecule has 31 heavy (non-hydrogen) atoms. The van der Waals surface area contributed by atoms with Gasteiger partial charge >= 0.3 is 42.1 Å². The largest absolute Gasteiger partial charge is 4.00 e. The van der Waals surface area contributed by atoms with Crippen LogP contribution in [0, 0.1) is 0 Å². The van der Waals surface area contributed by atoms with Crippen molar-refractivity contribution in [2.45, 2.75) is 19.3 Å². The fourth-order valence-corrected chi connectivity index (χ4v) is 0.465. The summed E-state index contributed by atoms with van der Waals surface area (Å²) in [5.74, 6) is -6.59. The zero-order valence-corrected chi connectivity index (χ0v) is 23.9. The van der Waals surface area contributed by atoms with Crippen molar-refractivity contribution in [2.24, 2.45) is 11.5 Å². The molecular weight excluding hydrogens is 872 g/mol. The smallest absolute Gasteiger partial charge is 0.549 e. The van der Waals surface area contributed by atoms with Gasteiger partial charge in [0.05, 0.1) is 47.4 Å². The summed E-state index contributed by atoms with van der Waals surface area (Å²) in [5.41, 5.74) is 10.5. The van der Waals surface area contributed by atoms with Crippen molar-refractivity contribution in [3.8, 4) is 0 Å². The molecule has 0 aliphatic rings. The Kier molecular flexibility index (Phi) is 107. The fourth-order valence-electron chi connectivity index (χ4n) is 0.465. The van der Waals surface area contributed by atoms with Crippen molar-refractivity contribution in [2.75, 3.05) is 36.6 Å². The molecule has 0 aromatic heterocycles. The minimum atomic E-state index is -1.23. The van der Waals surface area contributed by atoms with Crippen LogP contribution in [0.5, 0.6) is 0 Å².